The maximum absolute atomic E-state index is 11.9. The molecule has 7 heteroatoms. The highest BCUT2D eigenvalue weighted by atomic mass is 79.9. The van der Waals surface area contributed by atoms with Crippen molar-refractivity contribution in [3.63, 3.8) is 0 Å². The van der Waals surface area contributed by atoms with Crippen LogP contribution in [0.3, 0.4) is 0 Å². The summed E-state index contributed by atoms with van der Waals surface area (Å²) in [5.41, 5.74) is 1.01. The summed E-state index contributed by atoms with van der Waals surface area (Å²) in [6, 6.07) is 0.679. The molecule has 1 heterocycles. The number of urea groups is 1. The average molecular weight is 349 g/mol. The first-order chi connectivity index (χ1) is 8.81. The van der Waals surface area contributed by atoms with Crippen molar-refractivity contribution < 1.29 is 14.7 Å². The zero-order chi connectivity index (χ0) is 14.6. The highest BCUT2D eigenvalue weighted by Gasteiger charge is 2.24. The van der Waals surface area contributed by atoms with Crippen molar-refractivity contribution in [3.05, 3.63) is 20.8 Å². The third kappa shape index (κ3) is 4.83. The molecule has 1 atom stereocenters. The van der Waals surface area contributed by atoms with E-state index in [9.17, 15) is 9.59 Å². The highest BCUT2D eigenvalue weighted by Crippen LogP contribution is 2.21. The molecule has 1 aromatic rings. The van der Waals surface area contributed by atoms with E-state index >= 15 is 0 Å². The van der Waals surface area contributed by atoms with Gasteiger partial charge in [0, 0.05) is 13.6 Å². The number of nitrogens with one attached hydrogen (secondary N) is 1. The molecule has 1 rings (SSSR count). The molecule has 0 aliphatic heterocycles. The summed E-state index contributed by atoms with van der Waals surface area (Å²) >= 11 is 4.91. The van der Waals surface area contributed by atoms with Gasteiger partial charge in [0.05, 0.1) is 3.79 Å². The van der Waals surface area contributed by atoms with Gasteiger partial charge in [-0.1, -0.05) is 13.8 Å². The van der Waals surface area contributed by atoms with E-state index in [1.165, 1.54) is 4.90 Å². The van der Waals surface area contributed by atoms with Gasteiger partial charge in [0.25, 0.3) is 0 Å². The number of halogens is 1. The first-order valence-electron chi connectivity index (χ1n) is 5.78. The van der Waals surface area contributed by atoms with Crippen LogP contribution in [0, 0.1) is 5.92 Å². The summed E-state index contributed by atoms with van der Waals surface area (Å²) in [5, 5.41) is 13.5. The number of hydrogen-bond donors (Lipinski definition) is 2. The van der Waals surface area contributed by atoms with E-state index in [2.05, 4.69) is 21.2 Å². The number of carbonyl (C=O) groups is 2. The smallest absolute Gasteiger partial charge is 0.326 e. The largest absolute Gasteiger partial charge is 0.480 e. The van der Waals surface area contributed by atoms with Gasteiger partial charge in [0.1, 0.15) is 6.04 Å². The van der Waals surface area contributed by atoms with Crippen molar-refractivity contribution in [2.45, 2.75) is 26.4 Å². The monoisotopic (exact) mass is 348 g/mol. The molecule has 5 nitrogen and oxygen atoms in total. The van der Waals surface area contributed by atoms with Crippen molar-refractivity contribution in [2.75, 3.05) is 7.05 Å². The molecule has 0 radical (unpaired) electrons. The number of nitrogens with zero attached hydrogens (tertiary/aromatic N) is 1. The van der Waals surface area contributed by atoms with Gasteiger partial charge in [-0.2, -0.15) is 0 Å². The molecule has 19 heavy (non-hydrogen) atoms. The van der Waals surface area contributed by atoms with Gasteiger partial charge in [-0.3, -0.25) is 0 Å². The Hall–Kier alpha value is -1.08. The molecule has 2 N–H and O–H groups in total. The second-order valence-corrected chi connectivity index (χ2v) is 6.92. The summed E-state index contributed by atoms with van der Waals surface area (Å²) in [6.45, 7) is 3.96. The lowest BCUT2D eigenvalue weighted by atomic mass is 10.1. The standard InChI is InChI=1S/C12H17BrN2O3S/c1-7(2)10(11(16)17)14-12(18)15(3)5-8-4-9(13)19-6-8/h4,6-7,10H,5H2,1-3H3,(H,14,18)(H,16,17)/t10-/m0/s1. The van der Waals surface area contributed by atoms with E-state index < -0.39 is 12.0 Å². The Morgan fingerprint density at radius 3 is 2.58 bits per heavy atom. The molecule has 0 unspecified atom stereocenters. The highest BCUT2D eigenvalue weighted by molar-refractivity contribution is 9.11. The molecule has 0 bridgehead atoms. The zero-order valence-corrected chi connectivity index (χ0v) is 13.4. The van der Waals surface area contributed by atoms with Crippen LogP contribution >= 0.6 is 27.3 Å². The van der Waals surface area contributed by atoms with E-state index in [1.54, 1.807) is 32.2 Å². The Balaban J connectivity index is 2.59. The summed E-state index contributed by atoms with van der Waals surface area (Å²) in [6.07, 6.45) is 0. The molecule has 106 valence electrons. The van der Waals surface area contributed by atoms with Crippen LogP contribution in [0.1, 0.15) is 19.4 Å². The number of thiophene rings is 1. The molecule has 1 aromatic heterocycles. The van der Waals surface area contributed by atoms with Gasteiger partial charge < -0.3 is 15.3 Å². The molecule has 0 fully saturated rings. The van der Waals surface area contributed by atoms with Crippen molar-refractivity contribution in [3.8, 4) is 0 Å². The minimum absolute atomic E-state index is 0.162. The predicted octanol–water partition coefficient (Wildman–Crippen LogP) is 2.76. The van der Waals surface area contributed by atoms with Gasteiger partial charge >= 0.3 is 12.0 Å². The van der Waals surface area contributed by atoms with Crippen molar-refractivity contribution in [1.82, 2.24) is 10.2 Å². The van der Waals surface area contributed by atoms with Crippen LogP contribution in [0.25, 0.3) is 0 Å². The van der Waals surface area contributed by atoms with Crippen LogP contribution in [0.15, 0.2) is 15.2 Å². The zero-order valence-electron chi connectivity index (χ0n) is 11.0. The maximum atomic E-state index is 11.9. The number of carboxylic acids is 1. The van der Waals surface area contributed by atoms with E-state index in [0.717, 1.165) is 9.35 Å². The van der Waals surface area contributed by atoms with Gasteiger partial charge in [-0.25, -0.2) is 9.59 Å². The Labute approximate surface area is 124 Å². The third-order valence-electron chi connectivity index (χ3n) is 2.60. The second kappa shape index (κ2) is 6.91. The summed E-state index contributed by atoms with van der Waals surface area (Å²) < 4.78 is 1.00. The third-order valence-corrected chi connectivity index (χ3v) is 4.15. The Bertz CT molecular complexity index is 462. The number of carboxylic acid groups (broad SMARTS) is 1. The summed E-state index contributed by atoms with van der Waals surface area (Å²) in [7, 11) is 1.64. The van der Waals surface area contributed by atoms with E-state index in [4.69, 9.17) is 5.11 Å². The quantitative estimate of drug-likeness (QED) is 0.859. The van der Waals surface area contributed by atoms with E-state index in [0.29, 0.717) is 6.54 Å². The van der Waals surface area contributed by atoms with Crippen LogP contribution < -0.4 is 5.32 Å². The fourth-order valence-corrected chi connectivity index (χ4v) is 2.73. The number of carbonyl (C=O) groups excluding carboxylic acids is 1. The lowest BCUT2D eigenvalue weighted by Gasteiger charge is -2.23. The molecule has 0 spiro atoms. The minimum Gasteiger partial charge on any atom is -0.480 e. The molecule has 0 aliphatic carbocycles. The topological polar surface area (TPSA) is 69.6 Å². The van der Waals surface area contributed by atoms with Crippen LogP contribution in [-0.4, -0.2) is 35.1 Å². The van der Waals surface area contributed by atoms with E-state index in [-0.39, 0.29) is 11.9 Å². The molecular formula is C12H17BrN2O3S. The Morgan fingerprint density at radius 2 is 2.16 bits per heavy atom. The predicted molar refractivity (Wildman–Crippen MR) is 78.3 cm³/mol. The number of hydrogen-bond acceptors (Lipinski definition) is 3. The van der Waals surface area contributed by atoms with E-state index in [1.807, 2.05) is 11.4 Å². The van der Waals surface area contributed by atoms with Gasteiger partial charge in [0.2, 0.25) is 0 Å². The lowest BCUT2D eigenvalue weighted by Crippen LogP contribution is -2.48. The molecule has 2 amide bonds. The Morgan fingerprint density at radius 1 is 1.53 bits per heavy atom. The van der Waals surface area contributed by atoms with Gasteiger partial charge in [-0.05, 0) is 38.9 Å². The first kappa shape index (κ1) is 16.0. The Kier molecular flexibility index (Phi) is 5.81. The van der Waals surface area contributed by atoms with Crippen LogP contribution in [0.5, 0.6) is 0 Å². The van der Waals surface area contributed by atoms with Crippen molar-refractivity contribution in [1.29, 1.82) is 0 Å². The maximum Gasteiger partial charge on any atom is 0.326 e. The number of rotatable bonds is 5. The molecule has 0 saturated carbocycles. The molecule has 0 aromatic carbocycles. The fraction of sp³-hybridized carbons (Fsp3) is 0.500. The fourth-order valence-electron chi connectivity index (χ4n) is 1.53. The van der Waals surface area contributed by atoms with Crippen LogP contribution in [0.4, 0.5) is 4.79 Å². The normalized spacial score (nSPS) is 12.3. The first-order valence-corrected chi connectivity index (χ1v) is 7.46. The molecule has 0 saturated heterocycles. The van der Waals surface area contributed by atoms with Crippen LogP contribution in [0.2, 0.25) is 0 Å². The summed E-state index contributed by atoms with van der Waals surface area (Å²) in [4.78, 5) is 24.4. The molecule has 0 aliphatic rings. The number of aliphatic carboxylic acids is 1. The van der Waals surface area contributed by atoms with Crippen molar-refractivity contribution in [2.24, 2.45) is 5.92 Å². The molecular weight excluding hydrogens is 332 g/mol. The second-order valence-electron chi connectivity index (χ2n) is 4.62. The number of amides is 2. The lowest BCUT2D eigenvalue weighted by molar-refractivity contribution is -0.140. The average Bonchev–Trinajstić information content (AvgIpc) is 2.70. The van der Waals surface area contributed by atoms with Gasteiger partial charge in [-0.15, -0.1) is 11.3 Å². The SMILES string of the molecule is CC(C)[C@H](NC(=O)N(C)Cc1csc(Br)c1)C(=O)O. The van der Waals surface area contributed by atoms with Crippen LogP contribution in [-0.2, 0) is 11.3 Å². The van der Waals surface area contributed by atoms with Crippen molar-refractivity contribution >= 4 is 39.3 Å². The van der Waals surface area contributed by atoms with Gasteiger partial charge in [0.15, 0.2) is 0 Å². The summed E-state index contributed by atoms with van der Waals surface area (Å²) in [5.74, 6) is -1.18. The minimum atomic E-state index is -1.02.